The highest BCUT2D eigenvalue weighted by Crippen LogP contribution is 2.15. The standard InChI is InChI=1S/C18H19NO3/c20-13-16-10-4-5-11-17(16)22-14-18(21)19-12-6-9-15-7-2-1-3-8-15/h1-5,7-8,10-11,13H,6,9,12,14H2,(H,19,21). The number of hydrogen-bond acceptors (Lipinski definition) is 3. The summed E-state index contributed by atoms with van der Waals surface area (Å²) in [6.07, 6.45) is 2.52. The second-order valence-corrected chi connectivity index (χ2v) is 4.88. The third-order valence-electron chi connectivity index (χ3n) is 3.21. The number of benzene rings is 2. The summed E-state index contributed by atoms with van der Waals surface area (Å²) < 4.78 is 5.36. The van der Waals surface area contributed by atoms with Crippen LogP contribution in [0.15, 0.2) is 54.6 Å². The maximum absolute atomic E-state index is 11.7. The average molecular weight is 297 g/mol. The molecule has 2 rings (SSSR count). The molecule has 0 spiro atoms. The first-order chi connectivity index (χ1) is 10.8. The van der Waals surface area contributed by atoms with Gasteiger partial charge in [-0.2, -0.15) is 0 Å². The second-order valence-electron chi connectivity index (χ2n) is 4.88. The monoisotopic (exact) mass is 297 g/mol. The largest absolute Gasteiger partial charge is 0.483 e. The third-order valence-corrected chi connectivity index (χ3v) is 3.21. The highest BCUT2D eigenvalue weighted by Gasteiger charge is 2.05. The van der Waals surface area contributed by atoms with Gasteiger partial charge in [-0.05, 0) is 30.5 Å². The first kappa shape index (κ1) is 15.8. The topological polar surface area (TPSA) is 55.4 Å². The van der Waals surface area contributed by atoms with Crippen LogP contribution >= 0.6 is 0 Å². The van der Waals surface area contributed by atoms with Gasteiger partial charge < -0.3 is 10.1 Å². The van der Waals surface area contributed by atoms with E-state index in [1.165, 1.54) is 5.56 Å². The summed E-state index contributed by atoms with van der Waals surface area (Å²) in [5, 5.41) is 2.81. The van der Waals surface area contributed by atoms with Crippen LogP contribution in [0.1, 0.15) is 22.3 Å². The molecule has 0 bridgehead atoms. The van der Waals surface area contributed by atoms with Gasteiger partial charge in [0, 0.05) is 6.54 Å². The van der Waals surface area contributed by atoms with Crippen molar-refractivity contribution in [3.8, 4) is 5.75 Å². The van der Waals surface area contributed by atoms with Crippen LogP contribution in [-0.2, 0) is 11.2 Å². The zero-order valence-electron chi connectivity index (χ0n) is 12.3. The van der Waals surface area contributed by atoms with E-state index in [0.29, 0.717) is 24.1 Å². The molecule has 0 atom stereocenters. The van der Waals surface area contributed by atoms with Gasteiger partial charge in [-0.1, -0.05) is 42.5 Å². The summed E-state index contributed by atoms with van der Waals surface area (Å²) in [4.78, 5) is 22.5. The Bertz CT molecular complexity index is 611. The van der Waals surface area contributed by atoms with E-state index < -0.39 is 0 Å². The third kappa shape index (κ3) is 5.05. The molecule has 0 saturated carbocycles. The Kier molecular flexibility index (Phi) is 6.18. The molecule has 2 aromatic carbocycles. The Morgan fingerprint density at radius 3 is 2.55 bits per heavy atom. The van der Waals surface area contributed by atoms with Gasteiger partial charge in [0.25, 0.3) is 5.91 Å². The Hall–Kier alpha value is -2.62. The average Bonchev–Trinajstić information content (AvgIpc) is 2.58. The van der Waals surface area contributed by atoms with Crippen molar-refractivity contribution in [3.05, 3.63) is 65.7 Å². The predicted molar refractivity (Wildman–Crippen MR) is 85.1 cm³/mol. The van der Waals surface area contributed by atoms with Crippen LogP contribution < -0.4 is 10.1 Å². The van der Waals surface area contributed by atoms with Gasteiger partial charge in [-0.15, -0.1) is 0 Å². The van der Waals surface area contributed by atoms with Gasteiger partial charge in [-0.25, -0.2) is 0 Å². The number of aryl methyl sites for hydroxylation is 1. The molecule has 22 heavy (non-hydrogen) atoms. The Morgan fingerprint density at radius 2 is 1.77 bits per heavy atom. The van der Waals surface area contributed by atoms with E-state index in [1.54, 1.807) is 24.3 Å². The van der Waals surface area contributed by atoms with Crippen LogP contribution in [0, 0.1) is 0 Å². The lowest BCUT2D eigenvalue weighted by Gasteiger charge is -2.09. The molecule has 1 amide bonds. The SMILES string of the molecule is O=Cc1ccccc1OCC(=O)NCCCc1ccccc1. The van der Waals surface area contributed by atoms with Crippen LogP contribution in [0.3, 0.4) is 0 Å². The number of para-hydroxylation sites is 1. The number of aldehydes is 1. The molecule has 0 aromatic heterocycles. The van der Waals surface area contributed by atoms with Crippen LogP contribution in [0.2, 0.25) is 0 Å². The van der Waals surface area contributed by atoms with Crippen LogP contribution in [0.4, 0.5) is 0 Å². The molecular formula is C18H19NO3. The lowest BCUT2D eigenvalue weighted by Crippen LogP contribution is -2.30. The molecule has 114 valence electrons. The van der Waals surface area contributed by atoms with Crippen molar-refractivity contribution in [1.82, 2.24) is 5.32 Å². The molecule has 2 aromatic rings. The highest BCUT2D eigenvalue weighted by molar-refractivity contribution is 5.80. The fourth-order valence-corrected chi connectivity index (χ4v) is 2.07. The molecule has 0 aliphatic carbocycles. The van der Waals surface area contributed by atoms with Gasteiger partial charge in [0.2, 0.25) is 0 Å². The van der Waals surface area contributed by atoms with E-state index in [2.05, 4.69) is 17.4 Å². The Balaban J connectivity index is 1.67. The van der Waals surface area contributed by atoms with Gasteiger partial charge in [0.1, 0.15) is 5.75 Å². The maximum atomic E-state index is 11.7. The Morgan fingerprint density at radius 1 is 1.05 bits per heavy atom. The highest BCUT2D eigenvalue weighted by atomic mass is 16.5. The molecule has 0 aliphatic heterocycles. The van der Waals surface area contributed by atoms with Crippen LogP contribution in [-0.4, -0.2) is 25.3 Å². The number of ether oxygens (including phenoxy) is 1. The van der Waals surface area contributed by atoms with Crippen LogP contribution in [0.5, 0.6) is 5.75 Å². The Labute approximate surface area is 130 Å². The lowest BCUT2D eigenvalue weighted by atomic mass is 10.1. The first-order valence-corrected chi connectivity index (χ1v) is 7.27. The molecule has 1 N–H and O–H groups in total. The summed E-state index contributed by atoms with van der Waals surface area (Å²) >= 11 is 0. The molecule has 0 fully saturated rings. The lowest BCUT2D eigenvalue weighted by molar-refractivity contribution is -0.123. The minimum absolute atomic E-state index is 0.0871. The van der Waals surface area contributed by atoms with Gasteiger partial charge >= 0.3 is 0 Å². The normalized spacial score (nSPS) is 10.0. The van der Waals surface area contributed by atoms with Gasteiger partial charge in [0.15, 0.2) is 12.9 Å². The molecule has 0 saturated heterocycles. The van der Waals surface area contributed by atoms with E-state index in [1.807, 2.05) is 18.2 Å². The molecule has 4 heteroatoms. The fourth-order valence-electron chi connectivity index (χ4n) is 2.07. The minimum atomic E-state index is -0.186. The molecule has 0 radical (unpaired) electrons. The molecule has 0 unspecified atom stereocenters. The summed E-state index contributed by atoms with van der Waals surface area (Å²) in [5.74, 6) is 0.241. The second kappa shape index (κ2) is 8.62. The van der Waals surface area contributed by atoms with E-state index in [0.717, 1.165) is 12.8 Å². The number of rotatable bonds is 8. The van der Waals surface area contributed by atoms with Crippen molar-refractivity contribution >= 4 is 12.2 Å². The van der Waals surface area contributed by atoms with E-state index >= 15 is 0 Å². The summed E-state index contributed by atoms with van der Waals surface area (Å²) in [6.45, 7) is 0.516. The first-order valence-electron chi connectivity index (χ1n) is 7.27. The van der Waals surface area contributed by atoms with Crippen LogP contribution in [0.25, 0.3) is 0 Å². The van der Waals surface area contributed by atoms with Gasteiger partial charge in [-0.3, -0.25) is 9.59 Å². The quantitative estimate of drug-likeness (QED) is 0.602. The number of hydrogen-bond donors (Lipinski definition) is 1. The van der Waals surface area contributed by atoms with Gasteiger partial charge in [0.05, 0.1) is 5.56 Å². The maximum Gasteiger partial charge on any atom is 0.257 e. The predicted octanol–water partition coefficient (Wildman–Crippen LogP) is 2.63. The van der Waals surface area contributed by atoms with Crippen molar-refractivity contribution in [3.63, 3.8) is 0 Å². The molecule has 4 nitrogen and oxygen atoms in total. The fraction of sp³-hybridized carbons (Fsp3) is 0.222. The van der Waals surface area contributed by atoms with E-state index in [-0.39, 0.29) is 12.5 Å². The molecular weight excluding hydrogens is 278 g/mol. The number of carbonyl (C=O) groups is 2. The van der Waals surface area contributed by atoms with E-state index in [4.69, 9.17) is 4.74 Å². The zero-order valence-corrected chi connectivity index (χ0v) is 12.3. The van der Waals surface area contributed by atoms with Crippen molar-refractivity contribution in [2.24, 2.45) is 0 Å². The number of carbonyl (C=O) groups excluding carboxylic acids is 2. The summed E-state index contributed by atoms with van der Waals surface area (Å²) in [6, 6.07) is 17.0. The number of nitrogens with one attached hydrogen (secondary N) is 1. The summed E-state index contributed by atoms with van der Waals surface area (Å²) in [5.41, 5.74) is 1.70. The van der Waals surface area contributed by atoms with Crippen molar-refractivity contribution in [2.45, 2.75) is 12.8 Å². The van der Waals surface area contributed by atoms with Crippen molar-refractivity contribution in [2.75, 3.05) is 13.2 Å². The van der Waals surface area contributed by atoms with Crippen molar-refractivity contribution in [1.29, 1.82) is 0 Å². The van der Waals surface area contributed by atoms with Crippen molar-refractivity contribution < 1.29 is 14.3 Å². The van der Waals surface area contributed by atoms with E-state index in [9.17, 15) is 9.59 Å². The minimum Gasteiger partial charge on any atom is -0.483 e. The molecule has 0 heterocycles. The number of amides is 1. The summed E-state index contributed by atoms with van der Waals surface area (Å²) in [7, 11) is 0. The zero-order chi connectivity index (χ0) is 15.6. The molecule has 0 aliphatic rings. The smallest absolute Gasteiger partial charge is 0.257 e.